The van der Waals surface area contributed by atoms with E-state index in [-0.39, 0.29) is 17.0 Å². The molecule has 24 heavy (non-hydrogen) atoms. The third kappa shape index (κ3) is 5.32. The van der Waals surface area contributed by atoms with E-state index in [1.807, 2.05) is 19.1 Å². The minimum Gasteiger partial charge on any atom is -0.338 e. The van der Waals surface area contributed by atoms with Gasteiger partial charge in [0, 0.05) is 18.9 Å². The van der Waals surface area contributed by atoms with Gasteiger partial charge in [-0.25, -0.2) is 18.4 Å². The molecule has 1 atom stereocenters. The molecule has 0 radical (unpaired) electrons. The van der Waals surface area contributed by atoms with Crippen molar-refractivity contribution >= 4 is 16.1 Å². The summed E-state index contributed by atoms with van der Waals surface area (Å²) in [4.78, 5) is 15.9. The van der Waals surface area contributed by atoms with Gasteiger partial charge < -0.3 is 10.6 Å². The lowest BCUT2D eigenvalue weighted by molar-refractivity contribution is 0.238. The summed E-state index contributed by atoms with van der Waals surface area (Å²) in [6.07, 6.45) is 3.94. The van der Waals surface area contributed by atoms with E-state index < -0.39 is 10.0 Å². The molecule has 1 aromatic carbocycles. The van der Waals surface area contributed by atoms with Gasteiger partial charge >= 0.3 is 6.03 Å². The molecule has 7 nitrogen and oxygen atoms in total. The molecule has 0 unspecified atom stereocenters. The van der Waals surface area contributed by atoms with Crippen LogP contribution in [0.1, 0.15) is 24.1 Å². The zero-order chi connectivity index (χ0) is 17.6. The van der Waals surface area contributed by atoms with Crippen LogP contribution in [-0.4, -0.2) is 26.0 Å². The Kier molecular flexibility index (Phi) is 5.88. The summed E-state index contributed by atoms with van der Waals surface area (Å²) < 4.78 is 22.4. The number of nitrogens with one attached hydrogen (secondary N) is 2. The highest BCUT2D eigenvalue weighted by Gasteiger charge is 2.09. The molecule has 1 aromatic heterocycles. The van der Waals surface area contributed by atoms with Crippen LogP contribution in [0.5, 0.6) is 0 Å². The van der Waals surface area contributed by atoms with Crippen LogP contribution in [0, 0.1) is 0 Å². The van der Waals surface area contributed by atoms with E-state index in [4.69, 9.17) is 5.14 Å². The van der Waals surface area contributed by atoms with Crippen molar-refractivity contribution in [3.05, 3.63) is 59.9 Å². The first-order valence-corrected chi connectivity index (χ1v) is 8.97. The topological polar surface area (TPSA) is 114 Å². The fourth-order valence-corrected chi connectivity index (χ4v) is 2.66. The molecule has 0 aliphatic carbocycles. The molecule has 1 heterocycles. The lowest BCUT2D eigenvalue weighted by atomic mass is 10.1. The normalized spacial score (nSPS) is 12.4. The van der Waals surface area contributed by atoms with E-state index in [1.54, 1.807) is 24.5 Å². The van der Waals surface area contributed by atoms with Crippen LogP contribution in [-0.2, 0) is 16.4 Å². The molecule has 0 bridgehead atoms. The van der Waals surface area contributed by atoms with E-state index in [0.717, 1.165) is 11.1 Å². The van der Waals surface area contributed by atoms with Gasteiger partial charge in [-0.1, -0.05) is 12.1 Å². The predicted octanol–water partition coefficient (Wildman–Crippen LogP) is 1.33. The van der Waals surface area contributed by atoms with E-state index in [2.05, 4.69) is 15.6 Å². The molecule has 4 N–H and O–H groups in total. The van der Waals surface area contributed by atoms with Gasteiger partial charge in [-0.2, -0.15) is 0 Å². The second kappa shape index (κ2) is 7.89. The number of carbonyl (C=O) groups excluding carboxylic acids is 1. The SMILES string of the molecule is C[C@H](NC(=O)NCCc1ccc(S(N)(=O)=O)cc1)c1ccncc1. The van der Waals surface area contributed by atoms with Gasteiger partial charge in [0.25, 0.3) is 0 Å². The van der Waals surface area contributed by atoms with Gasteiger partial charge in [-0.15, -0.1) is 0 Å². The van der Waals surface area contributed by atoms with Crippen LogP contribution in [0.15, 0.2) is 53.7 Å². The molecular weight excluding hydrogens is 328 g/mol. The molecule has 128 valence electrons. The number of carbonyl (C=O) groups is 1. The number of urea groups is 1. The molecule has 8 heteroatoms. The predicted molar refractivity (Wildman–Crippen MR) is 90.7 cm³/mol. The summed E-state index contributed by atoms with van der Waals surface area (Å²) in [6, 6.07) is 9.57. The molecule has 2 rings (SSSR count). The Morgan fingerprint density at radius 3 is 2.38 bits per heavy atom. The minimum absolute atomic E-state index is 0.0723. The van der Waals surface area contributed by atoms with Crippen molar-refractivity contribution in [2.75, 3.05) is 6.54 Å². The molecule has 2 aromatic rings. The number of nitrogens with two attached hydrogens (primary N) is 1. The van der Waals surface area contributed by atoms with E-state index in [0.29, 0.717) is 13.0 Å². The summed E-state index contributed by atoms with van der Waals surface area (Å²) in [7, 11) is -3.68. The highest BCUT2D eigenvalue weighted by atomic mass is 32.2. The number of pyridine rings is 1. The van der Waals surface area contributed by atoms with Crippen molar-refractivity contribution in [1.29, 1.82) is 0 Å². The van der Waals surface area contributed by atoms with Gasteiger partial charge in [0.1, 0.15) is 0 Å². The Hall–Kier alpha value is -2.45. The van der Waals surface area contributed by atoms with Crippen LogP contribution < -0.4 is 15.8 Å². The van der Waals surface area contributed by atoms with Crippen LogP contribution in [0.4, 0.5) is 4.79 Å². The third-order valence-corrected chi connectivity index (χ3v) is 4.43. The standard InChI is InChI=1S/C16H20N4O3S/c1-12(14-7-9-18-10-8-14)20-16(21)19-11-6-13-2-4-15(5-3-13)24(17,22)23/h2-5,7-10,12H,6,11H2,1H3,(H2,17,22,23)(H2,19,20,21)/t12-/m0/s1. The molecule has 0 saturated heterocycles. The monoisotopic (exact) mass is 348 g/mol. The molecule has 0 saturated carbocycles. The highest BCUT2D eigenvalue weighted by molar-refractivity contribution is 7.89. The zero-order valence-electron chi connectivity index (χ0n) is 13.3. The third-order valence-electron chi connectivity index (χ3n) is 3.50. The molecular formula is C16H20N4O3S. The quantitative estimate of drug-likeness (QED) is 0.730. The number of nitrogens with zero attached hydrogens (tertiary/aromatic N) is 1. The second-order valence-electron chi connectivity index (χ2n) is 5.34. The molecule has 0 fully saturated rings. The molecule has 0 aliphatic rings. The maximum atomic E-state index is 11.9. The molecule has 0 spiro atoms. The van der Waals surface area contributed by atoms with Crippen LogP contribution >= 0.6 is 0 Å². The van der Waals surface area contributed by atoms with E-state index in [1.165, 1.54) is 12.1 Å². The second-order valence-corrected chi connectivity index (χ2v) is 6.90. The smallest absolute Gasteiger partial charge is 0.315 e. The van der Waals surface area contributed by atoms with Crippen LogP contribution in [0.3, 0.4) is 0 Å². The number of hydrogen-bond acceptors (Lipinski definition) is 4. The van der Waals surface area contributed by atoms with E-state index >= 15 is 0 Å². The zero-order valence-corrected chi connectivity index (χ0v) is 14.1. The number of primary sulfonamides is 1. The van der Waals surface area contributed by atoms with E-state index in [9.17, 15) is 13.2 Å². The largest absolute Gasteiger partial charge is 0.338 e. The first-order chi connectivity index (χ1) is 11.4. The summed E-state index contributed by atoms with van der Waals surface area (Å²) in [5.74, 6) is 0. The average Bonchev–Trinajstić information content (AvgIpc) is 2.55. The number of sulfonamides is 1. The van der Waals surface area contributed by atoms with Crippen molar-refractivity contribution in [2.24, 2.45) is 5.14 Å². The Morgan fingerprint density at radius 2 is 1.79 bits per heavy atom. The Labute approximate surface area is 141 Å². The van der Waals surface area contributed by atoms with Gasteiger partial charge in [-0.05, 0) is 48.7 Å². The first kappa shape index (κ1) is 17.9. The van der Waals surface area contributed by atoms with Gasteiger partial charge in [0.05, 0.1) is 10.9 Å². The Bertz CT molecular complexity index is 777. The maximum absolute atomic E-state index is 11.9. The number of benzene rings is 1. The van der Waals surface area contributed by atoms with Crippen molar-refractivity contribution in [3.8, 4) is 0 Å². The fourth-order valence-electron chi connectivity index (χ4n) is 2.15. The van der Waals surface area contributed by atoms with Gasteiger partial charge in [0.15, 0.2) is 0 Å². The lowest BCUT2D eigenvalue weighted by Crippen LogP contribution is -2.38. The summed E-state index contributed by atoms with van der Waals surface area (Å²) in [5.41, 5.74) is 1.88. The first-order valence-electron chi connectivity index (χ1n) is 7.42. The van der Waals surface area contributed by atoms with Crippen molar-refractivity contribution in [3.63, 3.8) is 0 Å². The lowest BCUT2D eigenvalue weighted by Gasteiger charge is -2.14. The van der Waals surface area contributed by atoms with Crippen LogP contribution in [0.2, 0.25) is 0 Å². The fraction of sp³-hybridized carbons (Fsp3) is 0.250. The molecule has 0 aliphatic heterocycles. The Morgan fingerprint density at radius 1 is 1.17 bits per heavy atom. The summed E-state index contributed by atoms with van der Waals surface area (Å²) in [6.45, 7) is 2.32. The minimum atomic E-state index is -3.68. The summed E-state index contributed by atoms with van der Waals surface area (Å²) in [5, 5.41) is 10.6. The number of rotatable bonds is 6. The van der Waals surface area contributed by atoms with Crippen molar-refractivity contribution in [2.45, 2.75) is 24.3 Å². The van der Waals surface area contributed by atoms with Crippen molar-refractivity contribution in [1.82, 2.24) is 15.6 Å². The molecule has 2 amide bonds. The Balaban J connectivity index is 1.78. The number of aromatic nitrogens is 1. The summed E-state index contributed by atoms with van der Waals surface area (Å²) >= 11 is 0. The highest BCUT2D eigenvalue weighted by Crippen LogP contribution is 2.10. The van der Waals surface area contributed by atoms with Crippen molar-refractivity contribution < 1.29 is 13.2 Å². The van der Waals surface area contributed by atoms with Gasteiger partial charge in [0.2, 0.25) is 10.0 Å². The number of hydrogen-bond donors (Lipinski definition) is 3. The maximum Gasteiger partial charge on any atom is 0.315 e. The van der Waals surface area contributed by atoms with Gasteiger partial charge in [-0.3, -0.25) is 4.98 Å². The van der Waals surface area contributed by atoms with Crippen LogP contribution in [0.25, 0.3) is 0 Å². The number of amides is 2. The average molecular weight is 348 g/mol.